The molecule has 0 spiro atoms. The number of benzene rings is 2. The van der Waals surface area contributed by atoms with Crippen LogP contribution in [0.5, 0.6) is 11.5 Å². The summed E-state index contributed by atoms with van der Waals surface area (Å²) in [6.07, 6.45) is 0.827. The Labute approximate surface area is 158 Å². The Morgan fingerprint density at radius 2 is 1.81 bits per heavy atom. The summed E-state index contributed by atoms with van der Waals surface area (Å²) in [5.74, 6) is 1.25. The smallest absolute Gasteiger partial charge is 0.246 e. The van der Waals surface area contributed by atoms with Crippen LogP contribution in [0.4, 0.5) is 11.4 Å². The van der Waals surface area contributed by atoms with E-state index in [2.05, 4.69) is 5.32 Å². The quantitative estimate of drug-likeness (QED) is 0.845. The van der Waals surface area contributed by atoms with Crippen LogP contribution >= 0.6 is 11.6 Å². The molecule has 2 aromatic rings. The monoisotopic (exact) mass is 374 g/mol. The zero-order valence-corrected chi connectivity index (χ0v) is 15.8. The van der Waals surface area contributed by atoms with Crippen LogP contribution in [0.25, 0.3) is 0 Å². The van der Waals surface area contributed by atoms with E-state index in [0.717, 1.165) is 12.1 Å². The van der Waals surface area contributed by atoms with E-state index in [1.807, 2.05) is 44.2 Å². The summed E-state index contributed by atoms with van der Waals surface area (Å²) in [6, 6.07) is 13.2. The van der Waals surface area contributed by atoms with Gasteiger partial charge in [0, 0.05) is 30.3 Å². The molecular weight excluding hydrogens is 352 g/mol. The lowest BCUT2D eigenvalue weighted by Gasteiger charge is -2.27. The highest BCUT2D eigenvalue weighted by Gasteiger charge is 2.20. The topological polar surface area (TPSA) is 50.8 Å². The van der Waals surface area contributed by atoms with Gasteiger partial charge in [0.05, 0.1) is 30.5 Å². The Bertz CT molecular complexity index is 765. The number of halogens is 1. The molecule has 0 unspecified atom stereocenters. The molecule has 0 fully saturated rings. The van der Waals surface area contributed by atoms with E-state index < -0.39 is 0 Å². The maximum atomic E-state index is 12.8. The first-order valence-corrected chi connectivity index (χ1v) is 9.14. The number of nitrogens with one attached hydrogen (secondary N) is 1. The second kappa shape index (κ2) is 8.32. The molecule has 6 heteroatoms. The average molecular weight is 375 g/mol. The SMILES string of the molecule is CC(C)N(C(=O)CNc1cc2c(cc1Cl)OCCCO2)c1ccccc1. The van der Waals surface area contributed by atoms with E-state index in [4.69, 9.17) is 21.1 Å². The van der Waals surface area contributed by atoms with Crippen molar-refractivity contribution in [2.75, 3.05) is 30.0 Å². The van der Waals surface area contributed by atoms with Crippen LogP contribution in [-0.4, -0.2) is 31.7 Å². The van der Waals surface area contributed by atoms with E-state index in [-0.39, 0.29) is 18.5 Å². The summed E-state index contributed by atoms with van der Waals surface area (Å²) in [5, 5.41) is 3.63. The maximum Gasteiger partial charge on any atom is 0.246 e. The lowest BCUT2D eigenvalue weighted by molar-refractivity contribution is -0.117. The van der Waals surface area contributed by atoms with Crippen molar-refractivity contribution >= 4 is 28.9 Å². The fourth-order valence-corrected chi connectivity index (χ4v) is 3.11. The zero-order chi connectivity index (χ0) is 18.5. The number of carbonyl (C=O) groups is 1. The molecule has 1 heterocycles. The fourth-order valence-electron chi connectivity index (χ4n) is 2.89. The summed E-state index contributed by atoms with van der Waals surface area (Å²) >= 11 is 6.33. The molecule has 26 heavy (non-hydrogen) atoms. The summed E-state index contributed by atoms with van der Waals surface area (Å²) < 4.78 is 11.3. The Morgan fingerprint density at radius 3 is 2.46 bits per heavy atom. The van der Waals surface area contributed by atoms with Crippen LogP contribution in [0.1, 0.15) is 20.3 Å². The molecule has 0 aliphatic carbocycles. The van der Waals surface area contributed by atoms with Crippen molar-refractivity contribution in [1.82, 2.24) is 0 Å². The minimum Gasteiger partial charge on any atom is -0.490 e. The van der Waals surface area contributed by atoms with Gasteiger partial charge in [0.15, 0.2) is 11.5 Å². The van der Waals surface area contributed by atoms with E-state index in [1.54, 1.807) is 17.0 Å². The van der Waals surface area contributed by atoms with Crippen LogP contribution in [-0.2, 0) is 4.79 Å². The van der Waals surface area contributed by atoms with Crippen molar-refractivity contribution in [1.29, 1.82) is 0 Å². The molecule has 2 aromatic carbocycles. The molecule has 5 nitrogen and oxygen atoms in total. The molecule has 0 saturated carbocycles. The second-order valence-corrected chi connectivity index (χ2v) is 6.78. The third-order valence-electron chi connectivity index (χ3n) is 4.09. The molecule has 3 rings (SSSR count). The predicted molar refractivity (Wildman–Crippen MR) is 105 cm³/mol. The molecule has 0 saturated heterocycles. The molecule has 0 radical (unpaired) electrons. The van der Waals surface area contributed by atoms with Crippen molar-refractivity contribution < 1.29 is 14.3 Å². The van der Waals surface area contributed by atoms with Gasteiger partial charge >= 0.3 is 0 Å². The molecule has 0 atom stereocenters. The van der Waals surface area contributed by atoms with Gasteiger partial charge in [-0.15, -0.1) is 0 Å². The summed E-state index contributed by atoms with van der Waals surface area (Å²) in [7, 11) is 0. The minimum atomic E-state index is -0.0330. The zero-order valence-electron chi connectivity index (χ0n) is 15.0. The van der Waals surface area contributed by atoms with Gasteiger partial charge in [0.1, 0.15) is 0 Å². The normalized spacial score (nSPS) is 13.2. The number of ether oxygens (including phenoxy) is 2. The fraction of sp³-hybridized carbons (Fsp3) is 0.350. The Hall–Kier alpha value is -2.40. The lowest BCUT2D eigenvalue weighted by atomic mass is 10.2. The average Bonchev–Trinajstić information content (AvgIpc) is 2.85. The van der Waals surface area contributed by atoms with Crippen molar-refractivity contribution in [3.63, 3.8) is 0 Å². The number of hydrogen-bond acceptors (Lipinski definition) is 4. The van der Waals surface area contributed by atoms with Gasteiger partial charge in [-0.05, 0) is 26.0 Å². The molecule has 1 aliphatic heterocycles. The maximum absolute atomic E-state index is 12.8. The van der Waals surface area contributed by atoms with Crippen LogP contribution in [0.15, 0.2) is 42.5 Å². The van der Waals surface area contributed by atoms with E-state index in [9.17, 15) is 4.79 Å². The number of amides is 1. The van der Waals surface area contributed by atoms with Gasteiger partial charge in [-0.3, -0.25) is 4.79 Å². The van der Waals surface area contributed by atoms with Gasteiger partial charge in [-0.2, -0.15) is 0 Å². The second-order valence-electron chi connectivity index (χ2n) is 6.38. The molecule has 138 valence electrons. The summed E-state index contributed by atoms with van der Waals surface area (Å²) in [4.78, 5) is 14.5. The lowest BCUT2D eigenvalue weighted by Crippen LogP contribution is -2.40. The largest absolute Gasteiger partial charge is 0.490 e. The van der Waals surface area contributed by atoms with E-state index in [0.29, 0.717) is 35.4 Å². The van der Waals surface area contributed by atoms with Gasteiger partial charge in [-0.25, -0.2) is 0 Å². The van der Waals surface area contributed by atoms with Gasteiger partial charge in [-0.1, -0.05) is 29.8 Å². The predicted octanol–water partition coefficient (Wildman–Crippen LogP) is 4.35. The molecule has 1 N–H and O–H groups in total. The number of nitrogens with zero attached hydrogens (tertiary/aromatic N) is 1. The Morgan fingerprint density at radius 1 is 1.15 bits per heavy atom. The van der Waals surface area contributed by atoms with Crippen molar-refractivity contribution in [2.45, 2.75) is 26.3 Å². The standard InChI is InChI=1S/C20H23ClN2O3/c1-14(2)23(15-7-4-3-5-8-15)20(24)13-22-17-12-19-18(11-16(17)21)25-9-6-10-26-19/h3-5,7-8,11-12,14,22H,6,9-10,13H2,1-2H3. The number of fused-ring (bicyclic) bond motifs is 1. The molecule has 0 bridgehead atoms. The number of hydrogen-bond donors (Lipinski definition) is 1. The Kier molecular flexibility index (Phi) is 5.89. The van der Waals surface area contributed by atoms with Crippen LogP contribution in [0.3, 0.4) is 0 Å². The third-order valence-corrected chi connectivity index (χ3v) is 4.40. The van der Waals surface area contributed by atoms with Gasteiger partial charge in [0.2, 0.25) is 5.91 Å². The highest BCUT2D eigenvalue weighted by atomic mass is 35.5. The Balaban J connectivity index is 1.73. The minimum absolute atomic E-state index is 0.0330. The van der Waals surface area contributed by atoms with Gasteiger partial charge < -0.3 is 19.7 Å². The molecule has 1 aliphatic rings. The molecular formula is C20H23ClN2O3. The highest BCUT2D eigenvalue weighted by molar-refractivity contribution is 6.33. The molecule has 0 aromatic heterocycles. The van der Waals surface area contributed by atoms with Crippen LogP contribution in [0, 0.1) is 0 Å². The van der Waals surface area contributed by atoms with Crippen molar-refractivity contribution in [2.24, 2.45) is 0 Å². The van der Waals surface area contributed by atoms with Crippen molar-refractivity contribution in [3.8, 4) is 11.5 Å². The van der Waals surface area contributed by atoms with E-state index >= 15 is 0 Å². The van der Waals surface area contributed by atoms with E-state index in [1.165, 1.54) is 0 Å². The number of rotatable bonds is 5. The number of para-hydroxylation sites is 1. The van der Waals surface area contributed by atoms with Crippen LogP contribution in [0.2, 0.25) is 5.02 Å². The molecule has 1 amide bonds. The van der Waals surface area contributed by atoms with Crippen molar-refractivity contribution in [3.05, 3.63) is 47.5 Å². The third kappa shape index (κ3) is 4.22. The summed E-state index contributed by atoms with van der Waals surface area (Å²) in [5.41, 5.74) is 1.53. The summed E-state index contributed by atoms with van der Waals surface area (Å²) in [6.45, 7) is 5.32. The van der Waals surface area contributed by atoms with Crippen LogP contribution < -0.4 is 19.7 Å². The first-order valence-electron chi connectivity index (χ1n) is 8.76. The first-order chi connectivity index (χ1) is 12.6. The first kappa shape index (κ1) is 18.4. The number of carbonyl (C=O) groups excluding carboxylic acids is 1. The number of anilines is 2. The highest BCUT2D eigenvalue weighted by Crippen LogP contribution is 2.37. The van der Waals surface area contributed by atoms with Gasteiger partial charge in [0.25, 0.3) is 0 Å².